The zero-order valence-electron chi connectivity index (χ0n) is 15.4. The molecule has 8 heteroatoms. The maximum absolute atomic E-state index is 14.3. The Kier molecular flexibility index (Phi) is 6.55. The number of halogens is 2. The van der Waals surface area contributed by atoms with E-state index in [1.807, 2.05) is 0 Å². The van der Waals surface area contributed by atoms with Crippen molar-refractivity contribution in [2.24, 2.45) is 17.8 Å². The third kappa shape index (κ3) is 5.33. The summed E-state index contributed by atoms with van der Waals surface area (Å²) in [6.07, 6.45) is 3.77. The van der Waals surface area contributed by atoms with E-state index in [0.717, 1.165) is 37.7 Å². The Labute approximate surface area is 159 Å². The first-order valence-electron chi connectivity index (χ1n) is 8.65. The van der Waals surface area contributed by atoms with Crippen molar-refractivity contribution in [3.05, 3.63) is 28.5 Å². The number of carbonyl (C=O) groups is 1. The van der Waals surface area contributed by atoms with Gasteiger partial charge in [-0.2, -0.15) is 0 Å². The van der Waals surface area contributed by atoms with Gasteiger partial charge in [-0.15, -0.1) is 0 Å². The standard InChI is InChI=1S/C18H25ClFNO4S/c1-10(2)12-6-5-11(3)7-16(12)25-17-9-15(20)13(8-14(17)19)18(22)21-26(4,23)24/h8-12,16H,5-7H2,1-4H3,(H,21,22). The summed E-state index contributed by atoms with van der Waals surface area (Å²) in [4.78, 5) is 11.9. The van der Waals surface area contributed by atoms with Crippen molar-refractivity contribution in [2.45, 2.75) is 46.1 Å². The molecule has 0 aliphatic heterocycles. The number of carbonyl (C=O) groups excluding carboxylic acids is 1. The first-order chi connectivity index (χ1) is 12.0. The fourth-order valence-electron chi connectivity index (χ4n) is 3.43. The molecule has 0 spiro atoms. The number of amides is 1. The van der Waals surface area contributed by atoms with Crippen LogP contribution in [0.3, 0.4) is 0 Å². The second-order valence-corrected chi connectivity index (χ2v) is 9.60. The second-order valence-electron chi connectivity index (χ2n) is 7.45. The van der Waals surface area contributed by atoms with Gasteiger partial charge in [0.1, 0.15) is 17.7 Å². The summed E-state index contributed by atoms with van der Waals surface area (Å²) in [5.74, 6) is -0.488. The minimum Gasteiger partial charge on any atom is -0.488 e. The Morgan fingerprint density at radius 2 is 2.00 bits per heavy atom. The predicted molar refractivity (Wildman–Crippen MR) is 99.5 cm³/mol. The predicted octanol–water partition coefficient (Wildman–Crippen LogP) is 4.01. The second kappa shape index (κ2) is 8.13. The molecule has 0 bridgehead atoms. The van der Waals surface area contributed by atoms with Crippen LogP contribution in [0.15, 0.2) is 12.1 Å². The van der Waals surface area contributed by atoms with Crippen molar-refractivity contribution < 1.29 is 22.3 Å². The molecule has 1 fully saturated rings. The van der Waals surface area contributed by atoms with E-state index in [1.54, 1.807) is 4.72 Å². The normalized spacial score (nSPS) is 23.7. The van der Waals surface area contributed by atoms with Crippen molar-refractivity contribution in [3.8, 4) is 5.75 Å². The summed E-state index contributed by atoms with van der Waals surface area (Å²) in [5, 5.41) is 0.0748. The minimum atomic E-state index is -3.80. The first kappa shape index (κ1) is 21.0. The molecule has 146 valence electrons. The van der Waals surface area contributed by atoms with E-state index in [1.165, 1.54) is 0 Å². The summed E-state index contributed by atoms with van der Waals surface area (Å²) in [6, 6.07) is 2.15. The molecule has 0 radical (unpaired) electrons. The van der Waals surface area contributed by atoms with Gasteiger partial charge in [0.15, 0.2) is 0 Å². The molecular weight excluding hydrogens is 381 g/mol. The van der Waals surface area contributed by atoms with Crippen LogP contribution in [0.5, 0.6) is 5.75 Å². The van der Waals surface area contributed by atoms with Crippen LogP contribution >= 0.6 is 11.6 Å². The van der Waals surface area contributed by atoms with Crippen molar-refractivity contribution >= 4 is 27.5 Å². The van der Waals surface area contributed by atoms with Crippen LogP contribution in [-0.4, -0.2) is 26.7 Å². The number of ether oxygens (including phenoxy) is 1. The fourth-order valence-corrected chi connectivity index (χ4v) is 4.08. The molecule has 5 nitrogen and oxygen atoms in total. The van der Waals surface area contributed by atoms with Gasteiger partial charge in [-0.3, -0.25) is 4.79 Å². The molecule has 2 rings (SSSR count). The van der Waals surface area contributed by atoms with Gasteiger partial charge >= 0.3 is 0 Å². The monoisotopic (exact) mass is 405 g/mol. The SMILES string of the molecule is CC1CCC(C(C)C)C(Oc2cc(F)c(C(=O)NS(C)(=O)=O)cc2Cl)C1. The lowest BCUT2D eigenvalue weighted by Crippen LogP contribution is -2.36. The highest BCUT2D eigenvalue weighted by Gasteiger charge is 2.33. The fraction of sp³-hybridized carbons (Fsp3) is 0.611. The Balaban J connectivity index is 2.25. The van der Waals surface area contributed by atoms with Crippen LogP contribution in [0, 0.1) is 23.6 Å². The van der Waals surface area contributed by atoms with Gasteiger partial charge in [0.05, 0.1) is 16.8 Å². The highest BCUT2D eigenvalue weighted by atomic mass is 35.5. The van der Waals surface area contributed by atoms with E-state index in [2.05, 4.69) is 20.8 Å². The van der Waals surface area contributed by atoms with E-state index in [9.17, 15) is 17.6 Å². The molecule has 1 amide bonds. The highest BCUT2D eigenvalue weighted by molar-refractivity contribution is 7.89. The van der Waals surface area contributed by atoms with E-state index in [-0.39, 0.29) is 16.9 Å². The van der Waals surface area contributed by atoms with Gasteiger partial charge in [-0.25, -0.2) is 17.5 Å². The Hall–Kier alpha value is -1.34. The average molecular weight is 406 g/mol. The lowest BCUT2D eigenvalue weighted by atomic mass is 9.75. The lowest BCUT2D eigenvalue weighted by molar-refractivity contribution is 0.0458. The summed E-state index contributed by atoms with van der Waals surface area (Å²) < 4.78 is 44.4. The van der Waals surface area contributed by atoms with Gasteiger partial charge in [-0.05, 0) is 36.7 Å². The summed E-state index contributed by atoms with van der Waals surface area (Å²) in [7, 11) is -3.80. The molecule has 0 aromatic heterocycles. The van der Waals surface area contributed by atoms with E-state index in [0.29, 0.717) is 17.8 Å². The zero-order valence-corrected chi connectivity index (χ0v) is 17.0. The van der Waals surface area contributed by atoms with Crippen molar-refractivity contribution in [1.82, 2.24) is 4.72 Å². The van der Waals surface area contributed by atoms with Crippen LogP contribution in [0.25, 0.3) is 0 Å². The van der Waals surface area contributed by atoms with Crippen molar-refractivity contribution in [2.75, 3.05) is 6.26 Å². The number of nitrogens with one attached hydrogen (secondary N) is 1. The number of benzene rings is 1. The molecular formula is C18H25ClFNO4S. The maximum Gasteiger partial charge on any atom is 0.267 e. The quantitative estimate of drug-likeness (QED) is 0.803. The molecule has 1 aromatic carbocycles. The van der Waals surface area contributed by atoms with Crippen LogP contribution < -0.4 is 9.46 Å². The van der Waals surface area contributed by atoms with Gasteiger partial charge in [-0.1, -0.05) is 38.8 Å². The average Bonchev–Trinajstić information content (AvgIpc) is 2.48. The largest absolute Gasteiger partial charge is 0.488 e. The number of hydrogen-bond donors (Lipinski definition) is 1. The van der Waals surface area contributed by atoms with E-state index >= 15 is 0 Å². The first-order valence-corrected chi connectivity index (χ1v) is 10.9. The molecule has 1 aliphatic carbocycles. The molecule has 3 unspecified atom stereocenters. The van der Waals surface area contributed by atoms with Crippen LogP contribution in [0.1, 0.15) is 50.4 Å². The number of sulfonamides is 1. The molecule has 1 aromatic rings. The van der Waals surface area contributed by atoms with Gasteiger partial charge in [0.2, 0.25) is 10.0 Å². The summed E-state index contributed by atoms with van der Waals surface area (Å²) in [6.45, 7) is 6.43. The summed E-state index contributed by atoms with van der Waals surface area (Å²) >= 11 is 6.18. The molecule has 0 heterocycles. The molecule has 3 atom stereocenters. The zero-order chi connectivity index (χ0) is 19.6. The minimum absolute atomic E-state index is 0.0748. The van der Waals surface area contributed by atoms with Crippen LogP contribution in [-0.2, 0) is 10.0 Å². The third-order valence-electron chi connectivity index (χ3n) is 4.78. The topological polar surface area (TPSA) is 72.5 Å². The lowest BCUT2D eigenvalue weighted by Gasteiger charge is -2.37. The molecule has 1 saturated carbocycles. The Morgan fingerprint density at radius 3 is 2.58 bits per heavy atom. The Morgan fingerprint density at radius 1 is 1.35 bits per heavy atom. The van der Waals surface area contributed by atoms with Crippen LogP contribution in [0.2, 0.25) is 5.02 Å². The van der Waals surface area contributed by atoms with Gasteiger partial charge in [0, 0.05) is 6.07 Å². The summed E-state index contributed by atoms with van der Waals surface area (Å²) in [5.41, 5.74) is -0.440. The Bertz CT molecular complexity index is 782. The molecule has 0 saturated heterocycles. The van der Waals surface area contributed by atoms with E-state index < -0.39 is 27.3 Å². The van der Waals surface area contributed by atoms with Gasteiger partial charge in [0.25, 0.3) is 5.91 Å². The maximum atomic E-state index is 14.3. The third-order valence-corrected chi connectivity index (χ3v) is 5.64. The van der Waals surface area contributed by atoms with Crippen LogP contribution in [0.4, 0.5) is 4.39 Å². The molecule has 26 heavy (non-hydrogen) atoms. The molecule has 1 N–H and O–H groups in total. The smallest absolute Gasteiger partial charge is 0.267 e. The molecule has 1 aliphatic rings. The van der Waals surface area contributed by atoms with Crippen molar-refractivity contribution in [3.63, 3.8) is 0 Å². The number of hydrogen-bond acceptors (Lipinski definition) is 4. The van der Waals surface area contributed by atoms with Crippen molar-refractivity contribution in [1.29, 1.82) is 0 Å². The number of rotatable bonds is 5. The van der Waals surface area contributed by atoms with E-state index in [4.69, 9.17) is 16.3 Å². The highest BCUT2D eigenvalue weighted by Crippen LogP contribution is 2.38. The van der Waals surface area contributed by atoms with Gasteiger partial charge < -0.3 is 4.74 Å².